The van der Waals surface area contributed by atoms with Gasteiger partial charge < -0.3 is 9.47 Å². The lowest BCUT2D eigenvalue weighted by molar-refractivity contribution is -0.122. The van der Waals surface area contributed by atoms with Gasteiger partial charge in [0.05, 0.1) is 12.3 Å². The van der Waals surface area contributed by atoms with Crippen molar-refractivity contribution in [1.82, 2.24) is 5.32 Å². The number of benzene rings is 4. The molecule has 0 saturated carbocycles. The van der Waals surface area contributed by atoms with Gasteiger partial charge in [0.2, 0.25) is 0 Å². The molecule has 5 rings (SSSR count). The Morgan fingerprint density at radius 1 is 0.846 bits per heavy atom. The van der Waals surface area contributed by atoms with Gasteiger partial charge in [-0.3, -0.25) is 14.9 Å². The van der Waals surface area contributed by atoms with Crippen LogP contribution in [-0.2, 0) is 16.2 Å². The molecular weight excluding hydrogens is 492 g/mol. The number of para-hydroxylation sites is 1. The number of nitrogens with one attached hydrogen (secondary N) is 1. The summed E-state index contributed by atoms with van der Waals surface area (Å²) in [5.41, 5.74) is 2.87. The molecule has 0 spiro atoms. The normalized spacial score (nSPS) is 14.6. The van der Waals surface area contributed by atoms with Gasteiger partial charge in [-0.2, -0.15) is 0 Å². The van der Waals surface area contributed by atoms with E-state index in [1.165, 1.54) is 6.08 Å². The van der Waals surface area contributed by atoms with Gasteiger partial charge in [-0.15, -0.1) is 0 Å². The van der Waals surface area contributed by atoms with Crippen molar-refractivity contribution in [2.45, 2.75) is 26.9 Å². The van der Waals surface area contributed by atoms with E-state index < -0.39 is 17.8 Å². The lowest BCUT2D eigenvalue weighted by Gasteiger charge is -2.26. The SMILES string of the molecule is CCCOc1ccc(N2C(=O)NC(=O)/C(=C/c3ccccc3OCc3c(C)ccc4ccccc34)C2=O)cc1. The van der Waals surface area contributed by atoms with Crippen LogP contribution in [0.25, 0.3) is 16.8 Å². The zero-order valence-corrected chi connectivity index (χ0v) is 21.8. The molecule has 0 radical (unpaired) electrons. The molecular formula is C32H28N2O5. The highest BCUT2D eigenvalue weighted by molar-refractivity contribution is 6.39. The molecule has 1 fully saturated rings. The highest BCUT2D eigenvalue weighted by Gasteiger charge is 2.37. The zero-order chi connectivity index (χ0) is 27.4. The topological polar surface area (TPSA) is 84.9 Å². The molecule has 1 aliphatic heterocycles. The number of carbonyl (C=O) groups excluding carboxylic acids is 3. The number of urea groups is 1. The summed E-state index contributed by atoms with van der Waals surface area (Å²) < 4.78 is 11.8. The lowest BCUT2D eigenvalue weighted by Crippen LogP contribution is -2.54. The van der Waals surface area contributed by atoms with E-state index in [0.717, 1.165) is 33.2 Å². The number of imide groups is 2. The van der Waals surface area contributed by atoms with Gasteiger partial charge in [0.25, 0.3) is 11.8 Å². The largest absolute Gasteiger partial charge is 0.494 e. The molecule has 7 nitrogen and oxygen atoms in total. The van der Waals surface area contributed by atoms with Crippen LogP contribution in [0.2, 0.25) is 0 Å². The van der Waals surface area contributed by atoms with Gasteiger partial charge in [-0.25, -0.2) is 9.69 Å². The van der Waals surface area contributed by atoms with Crippen LogP contribution in [0.1, 0.15) is 30.0 Å². The molecule has 4 amide bonds. The predicted octanol–water partition coefficient (Wildman–Crippen LogP) is 6.18. The third-order valence-corrected chi connectivity index (χ3v) is 6.54. The standard InChI is InChI=1S/C32H28N2O5/c1-3-18-38-25-16-14-24(15-17-25)34-31(36)27(30(35)33-32(34)37)19-23-9-5-7-11-29(23)39-20-28-21(2)12-13-22-8-4-6-10-26(22)28/h4-17,19H,3,18,20H2,1-2H3,(H,33,35,37)/b27-19-. The van der Waals surface area contributed by atoms with E-state index in [4.69, 9.17) is 9.47 Å². The van der Waals surface area contributed by atoms with E-state index >= 15 is 0 Å². The van der Waals surface area contributed by atoms with Crippen molar-refractivity contribution in [3.05, 3.63) is 107 Å². The number of amides is 4. The summed E-state index contributed by atoms with van der Waals surface area (Å²) in [5.74, 6) is -0.335. The van der Waals surface area contributed by atoms with E-state index in [1.54, 1.807) is 42.5 Å². The summed E-state index contributed by atoms with van der Waals surface area (Å²) in [6.45, 7) is 4.91. The molecule has 196 valence electrons. The van der Waals surface area contributed by atoms with Crippen molar-refractivity contribution in [2.24, 2.45) is 0 Å². The molecule has 1 aliphatic rings. The van der Waals surface area contributed by atoms with E-state index in [-0.39, 0.29) is 5.57 Å². The van der Waals surface area contributed by atoms with Gasteiger partial charge in [-0.1, -0.05) is 61.5 Å². The summed E-state index contributed by atoms with van der Waals surface area (Å²) in [5, 5.41) is 4.50. The summed E-state index contributed by atoms with van der Waals surface area (Å²) in [6, 6.07) is 25.2. The summed E-state index contributed by atoms with van der Waals surface area (Å²) in [4.78, 5) is 39.7. The van der Waals surface area contributed by atoms with Crippen molar-refractivity contribution in [2.75, 3.05) is 11.5 Å². The first-order chi connectivity index (χ1) is 19.0. The lowest BCUT2D eigenvalue weighted by atomic mass is 10.0. The second-order valence-corrected chi connectivity index (χ2v) is 9.21. The third-order valence-electron chi connectivity index (χ3n) is 6.54. The maximum atomic E-state index is 13.4. The van der Waals surface area contributed by atoms with E-state index in [0.29, 0.717) is 36.0 Å². The minimum atomic E-state index is -0.805. The minimum absolute atomic E-state index is 0.168. The van der Waals surface area contributed by atoms with Crippen LogP contribution in [0, 0.1) is 6.92 Å². The Balaban J connectivity index is 1.42. The van der Waals surface area contributed by atoms with Crippen LogP contribution in [0.3, 0.4) is 0 Å². The van der Waals surface area contributed by atoms with Crippen molar-refractivity contribution >= 4 is 40.4 Å². The average Bonchev–Trinajstić information content (AvgIpc) is 2.95. The molecule has 4 aromatic rings. The Bertz CT molecular complexity index is 1590. The first-order valence-electron chi connectivity index (χ1n) is 12.8. The van der Waals surface area contributed by atoms with Gasteiger partial charge in [0.1, 0.15) is 23.7 Å². The Morgan fingerprint density at radius 3 is 2.38 bits per heavy atom. The van der Waals surface area contributed by atoms with E-state index in [1.807, 2.05) is 32.0 Å². The molecule has 7 heteroatoms. The van der Waals surface area contributed by atoms with Crippen LogP contribution >= 0.6 is 0 Å². The number of anilines is 1. The highest BCUT2D eigenvalue weighted by atomic mass is 16.5. The number of barbiturate groups is 1. The number of carbonyl (C=O) groups is 3. The van der Waals surface area contributed by atoms with Gasteiger partial charge >= 0.3 is 6.03 Å². The second kappa shape index (κ2) is 11.2. The van der Waals surface area contributed by atoms with Crippen LogP contribution < -0.4 is 19.7 Å². The first kappa shape index (κ1) is 25.7. The molecule has 4 aromatic carbocycles. The number of rotatable bonds is 8. The number of nitrogens with zero attached hydrogens (tertiary/aromatic N) is 1. The van der Waals surface area contributed by atoms with Crippen molar-refractivity contribution in [3.63, 3.8) is 0 Å². The van der Waals surface area contributed by atoms with Crippen LogP contribution in [-0.4, -0.2) is 24.5 Å². The fourth-order valence-electron chi connectivity index (χ4n) is 4.48. The van der Waals surface area contributed by atoms with Gasteiger partial charge in [0.15, 0.2) is 0 Å². The van der Waals surface area contributed by atoms with Crippen molar-refractivity contribution in [1.29, 1.82) is 0 Å². The van der Waals surface area contributed by atoms with Crippen molar-refractivity contribution in [3.8, 4) is 11.5 Å². The smallest absolute Gasteiger partial charge is 0.335 e. The Kier molecular flexibility index (Phi) is 7.41. The molecule has 1 N–H and O–H groups in total. The second-order valence-electron chi connectivity index (χ2n) is 9.21. The number of fused-ring (bicyclic) bond motifs is 1. The first-order valence-corrected chi connectivity index (χ1v) is 12.8. The molecule has 1 heterocycles. The van der Waals surface area contributed by atoms with Crippen LogP contribution in [0.4, 0.5) is 10.5 Å². The number of ether oxygens (including phenoxy) is 2. The maximum Gasteiger partial charge on any atom is 0.335 e. The maximum absolute atomic E-state index is 13.4. The molecule has 0 bridgehead atoms. The monoisotopic (exact) mass is 520 g/mol. The van der Waals surface area contributed by atoms with Gasteiger partial charge in [-0.05, 0) is 66.1 Å². The molecule has 1 saturated heterocycles. The molecule has 0 aromatic heterocycles. The van der Waals surface area contributed by atoms with E-state index in [9.17, 15) is 14.4 Å². The predicted molar refractivity (Wildman–Crippen MR) is 151 cm³/mol. The number of hydrogen-bond donors (Lipinski definition) is 1. The Hall–Kier alpha value is -4.91. The highest BCUT2D eigenvalue weighted by Crippen LogP contribution is 2.29. The van der Waals surface area contributed by atoms with Crippen LogP contribution in [0.5, 0.6) is 11.5 Å². The quantitative estimate of drug-likeness (QED) is 0.221. The number of aryl methyl sites for hydroxylation is 1. The minimum Gasteiger partial charge on any atom is -0.494 e. The van der Waals surface area contributed by atoms with Crippen LogP contribution in [0.15, 0.2) is 90.5 Å². The molecule has 0 aliphatic carbocycles. The van der Waals surface area contributed by atoms with Gasteiger partial charge in [0, 0.05) is 11.1 Å². The summed E-state index contributed by atoms with van der Waals surface area (Å²) in [6.07, 6.45) is 2.32. The van der Waals surface area contributed by atoms with E-state index in [2.05, 4.69) is 29.6 Å². The zero-order valence-electron chi connectivity index (χ0n) is 21.8. The third kappa shape index (κ3) is 5.38. The fourth-order valence-corrected chi connectivity index (χ4v) is 4.48. The summed E-state index contributed by atoms with van der Waals surface area (Å²) >= 11 is 0. The Labute approximate surface area is 226 Å². The molecule has 0 atom stereocenters. The molecule has 39 heavy (non-hydrogen) atoms. The van der Waals surface area contributed by atoms with Crippen molar-refractivity contribution < 1.29 is 23.9 Å². The summed E-state index contributed by atoms with van der Waals surface area (Å²) in [7, 11) is 0. The fraction of sp³-hybridized carbons (Fsp3) is 0.156. The Morgan fingerprint density at radius 2 is 1.59 bits per heavy atom. The number of hydrogen-bond acceptors (Lipinski definition) is 5. The molecule has 0 unspecified atom stereocenters. The average molecular weight is 521 g/mol.